The molecule has 0 saturated heterocycles. The van der Waals surface area contributed by atoms with Gasteiger partial charge in [0, 0.05) is 17.0 Å². The Kier molecular flexibility index (Phi) is 1.36. The lowest BCUT2D eigenvalue weighted by Crippen LogP contribution is -1.81. The molecule has 0 atom stereocenters. The van der Waals surface area contributed by atoms with Crippen LogP contribution in [-0.4, -0.2) is 14.6 Å². The Balaban J connectivity index is 2.45. The fourth-order valence-electron chi connectivity index (χ4n) is 0.823. The van der Waals surface area contributed by atoms with Gasteiger partial charge in [0.15, 0.2) is 0 Å². The van der Waals surface area contributed by atoms with Crippen LogP contribution >= 0.6 is 11.5 Å². The largest absolute Gasteiger partial charge is 0.382 e. The lowest BCUT2D eigenvalue weighted by Gasteiger charge is -1.84. The zero-order valence-corrected chi connectivity index (χ0v) is 6.43. The summed E-state index contributed by atoms with van der Waals surface area (Å²) in [7, 11) is 0. The smallest absolute Gasteiger partial charge is 0.145 e. The van der Waals surface area contributed by atoms with Crippen LogP contribution in [0.5, 0.6) is 0 Å². The first-order valence-corrected chi connectivity index (χ1v) is 3.90. The third-order valence-corrected chi connectivity index (χ3v) is 1.93. The quantitative estimate of drug-likeness (QED) is 0.667. The first kappa shape index (κ1) is 6.36. The van der Waals surface area contributed by atoms with Gasteiger partial charge in [0.05, 0.1) is 11.9 Å². The summed E-state index contributed by atoms with van der Waals surface area (Å²) >= 11 is 1.41. The second kappa shape index (κ2) is 2.35. The van der Waals surface area contributed by atoms with Crippen LogP contribution in [0.1, 0.15) is 0 Å². The van der Waals surface area contributed by atoms with E-state index >= 15 is 0 Å². The molecular weight excluding hydrogens is 160 g/mol. The predicted octanol–water partition coefficient (Wildman–Crippen LogP) is 1.12. The van der Waals surface area contributed by atoms with E-state index in [4.69, 9.17) is 5.73 Å². The first-order chi connectivity index (χ1) is 5.36. The number of nitrogens with one attached hydrogen (secondary N) is 1. The molecular formula is C6H6N4S. The molecule has 0 unspecified atom stereocenters. The van der Waals surface area contributed by atoms with Crippen LogP contribution < -0.4 is 5.73 Å². The van der Waals surface area contributed by atoms with Crippen molar-refractivity contribution in [1.82, 2.24) is 14.6 Å². The molecule has 11 heavy (non-hydrogen) atoms. The van der Waals surface area contributed by atoms with Gasteiger partial charge in [0.25, 0.3) is 0 Å². The Morgan fingerprint density at radius 2 is 2.45 bits per heavy atom. The number of aromatic amines is 1. The van der Waals surface area contributed by atoms with E-state index in [1.165, 1.54) is 11.5 Å². The molecule has 2 rings (SSSR count). The number of H-pyrrole nitrogens is 1. The summed E-state index contributed by atoms with van der Waals surface area (Å²) in [4.78, 5) is 0. The standard InChI is InChI=1S/C6H6N4S/c7-6-1-5(9-10-6)4-2-8-11-3-4/h1-3H,(H3,7,9,10). The lowest BCUT2D eigenvalue weighted by atomic mass is 10.3. The lowest BCUT2D eigenvalue weighted by molar-refractivity contribution is 1.10. The fourth-order valence-corrected chi connectivity index (χ4v) is 1.36. The summed E-state index contributed by atoms with van der Waals surface area (Å²) in [6, 6.07) is 1.78. The molecule has 0 fully saturated rings. The highest BCUT2D eigenvalue weighted by atomic mass is 32.1. The molecule has 5 heteroatoms. The monoisotopic (exact) mass is 166 g/mol. The molecule has 2 aromatic rings. The number of rotatable bonds is 1. The Labute approximate surface area is 67.2 Å². The van der Waals surface area contributed by atoms with Crippen molar-refractivity contribution in [3.63, 3.8) is 0 Å². The average Bonchev–Trinajstić information content (AvgIpc) is 2.55. The molecule has 0 amide bonds. The molecule has 2 heterocycles. The first-order valence-electron chi connectivity index (χ1n) is 3.07. The Morgan fingerprint density at radius 1 is 1.55 bits per heavy atom. The maximum atomic E-state index is 5.43. The Morgan fingerprint density at radius 3 is 3.00 bits per heavy atom. The van der Waals surface area contributed by atoms with Crippen LogP contribution in [0.4, 0.5) is 5.82 Å². The van der Waals surface area contributed by atoms with Gasteiger partial charge < -0.3 is 5.73 Å². The molecule has 0 bridgehead atoms. The normalized spacial score (nSPS) is 10.2. The maximum Gasteiger partial charge on any atom is 0.145 e. The van der Waals surface area contributed by atoms with E-state index in [-0.39, 0.29) is 0 Å². The molecule has 3 N–H and O–H groups in total. The highest BCUT2D eigenvalue weighted by Crippen LogP contribution is 2.18. The van der Waals surface area contributed by atoms with Gasteiger partial charge in [-0.05, 0) is 11.5 Å². The second-order valence-corrected chi connectivity index (χ2v) is 2.78. The molecule has 0 radical (unpaired) electrons. The van der Waals surface area contributed by atoms with E-state index in [9.17, 15) is 0 Å². The van der Waals surface area contributed by atoms with Gasteiger partial charge in [-0.25, -0.2) is 4.37 Å². The van der Waals surface area contributed by atoms with Crippen LogP contribution in [0, 0.1) is 0 Å². The van der Waals surface area contributed by atoms with E-state index in [1.807, 2.05) is 5.38 Å². The fraction of sp³-hybridized carbons (Fsp3) is 0. The number of nitrogen functional groups attached to an aromatic ring is 1. The number of nitrogens with two attached hydrogens (primary N) is 1. The van der Waals surface area contributed by atoms with Crippen molar-refractivity contribution < 1.29 is 0 Å². The summed E-state index contributed by atoms with van der Waals surface area (Å²) in [5.74, 6) is 0.506. The van der Waals surface area contributed by atoms with Crippen LogP contribution in [0.25, 0.3) is 11.3 Å². The van der Waals surface area contributed by atoms with E-state index < -0.39 is 0 Å². The zero-order chi connectivity index (χ0) is 7.68. The van der Waals surface area contributed by atoms with Gasteiger partial charge in [0.1, 0.15) is 5.82 Å². The van der Waals surface area contributed by atoms with Gasteiger partial charge in [-0.15, -0.1) is 0 Å². The number of anilines is 1. The average molecular weight is 166 g/mol. The molecule has 0 spiro atoms. The molecule has 56 valence electrons. The van der Waals surface area contributed by atoms with Crippen molar-refractivity contribution in [3.8, 4) is 11.3 Å². The topological polar surface area (TPSA) is 67.6 Å². The minimum absolute atomic E-state index is 0.506. The summed E-state index contributed by atoms with van der Waals surface area (Å²) in [5.41, 5.74) is 7.37. The molecule has 0 aliphatic rings. The zero-order valence-electron chi connectivity index (χ0n) is 5.61. The summed E-state index contributed by atoms with van der Waals surface area (Å²) < 4.78 is 3.96. The van der Waals surface area contributed by atoms with Crippen LogP contribution in [0.3, 0.4) is 0 Å². The van der Waals surface area contributed by atoms with E-state index in [0.29, 0.717) is 5.82 Å². The molecule has 0 aliphatic carbocycles. The number of nitrogens with zero attached hydrogens (tertiary/aromatic N) is 2. The third-order valence-electron chi connectivity index (χ3n) is 1.34. The summed E-state index contributed by atoms with van der Waals surface area (Å²) in [6.45, 7) is 0. The van der Waals surface area contributed by atoms with Crippen molar-refractivity contribution in [1.29, 1.82) is 0 Å². The minimum atomic E-state index is 0.506. The van der Waals surface area contributed by atoms with Gasteiger partial charge in [-0.3, -0.25) is 5.10 Å². The van der Waals surface area contributed by atoms with Crippen molar-refractivity contribution >= 4 is 17.4 Å². The predicted molar refractivity (Wildman–Crippen MR) is 44.1 cm³/mol. The molecule has 0 saturated carbocycles. The van der Waals surface area contributed by atoms with Crippen LogP contribution in [0.2, 0.25) is 0 Å². The Hall–Kier alpha value is -1.36. The molecule has 0 aromatic carbocycles. The third kappa shape index (κ3) is 1.10. The van der Waals surface area contributed by atoms with Gasteiger partial charge in [-0.2, -0.15) is 5.10 Å². The highest BCUT2D eigenvalue weighted by Gasteiger charge is 2.00. The number of aromatic nitrogens is 3. The second-order valence-electron chi connectivity index (χ2n) is 2.12. The Bertz CT molecular complexity index is 337. The summed E-state index contributed by atoms with van der Waals surface area (Å²) in [6.07, 6.45) is 1.78. The maximum absolute atomic E-state index is 5.43. The highest BCUT2D eigenvalue weighted by molar-refractivity contribution is 7.03. The van der Waals surface area contributed by atoms with Crippen LogP contribution in [-0.2, 0) is 0 Å². The van der Waals surface area contributed by atoms with E-state index in [1.54, 1.807) is 12.3 Å². The van der Waals surface area contributed by atoms with Crippen molar-refractivity contribution in [2.45, 2.75) is 0 Å². The molecule has 0 aliphatic heterocycles. The van der Waals surface area contributed by atoms with Gasteiger partial charge >= 0.3 is 0 Å². The van der Waals surface area contributed by atoms with E-state index in [2.05, 4.69) is 14.6 Å². The van der Waals surface area contributed by atoms with E-state index in [0.717, 1.165) is 11.3 Å². The van der Waals surface area contributed by atoms with Crippen molar-refractivity contribution in [2.24, 2.45) is 0 Å². The summed E-state index contributed by atoms with van der Waals surface area (Å²) in [5, 5.41) is 8.54. The SMILES string of the molecule is Nc1cc(-c2cnsc2)[nH]n1. The molecule has 2 aromatic heterocycles. The van der Waals surface area contributed by atoms with Crippen molar-refractivity contribution in [3.05, 3.63) is 17.6 Å². The molecule has 4 nitrogen and oxygen atoms in total. The minimum Gasteiger partial charge on any atom is -0.382 e. The van der Waals surface area contributed by atoms with Gasteiger partial charge in [-0.1, -0.05) is 0 Å². The van der Waals surface area contributed by atoms with Crippen LogP contribution in [0.15, 0.2) is 17.6 Å². The number of hydrogen-bond donors (Lipinski definition) is 2. The number of hydrogen-bond acceptors (Lipinski definition) is 4. The van der Waals surface area contributed by atoms with Gasteiger partial charge in [0.2, 0.25) is 0 Å². The van der Waals surface area contributed by atoms with Crippen molar-refractivity contribution in [2.75, 3.05) is 5.73 Å².